The van der Waals surface area contributed by atoms with Crippen molar-refractivity contribution >= 4 is 39.4 Å². The topological polar surface area (TPSA) is 24.4 Å². The van der Waals surface area contributed by atoms with Crippen LogP contribution in [0.5, 0.6) is 0 Å². The van der Waals surface area contributed by atoms with Crippen LogP contribution in [0.15, 0.2) is 27.7 Å². The average Bonchev–Trinajstić information content (AvgIpc) is 2.05. The van der Waals surface area contributed by atoms with Gasteiger partial charge >= 0.3 is 0 Å². The molecule has 0 fully saturated rings. The number of hydrogen-bond acceptors (Lipinski definition) is 2. The molecule has 0 spiro atoms. The van der Waals surface area contributed by atoms with E-state index in [1.807, 2.05) is 18.2 Å². The highest BCUT2D eigenvalue weighted by Crippen LogP contribution is 2.23. The molecule has 2 rings (SSSR count). The van der Waals surface area contributed by atoms with E-state index >= 15 is 0 Å². The number of nitrogens with one attached hydrogen (secondary N) is 1. The Labute approximate surface area is 83.8 Å². The SMILES string of the molecule is ClC1N=Cc2cc(Br)ccc2N1. The van der Waals surface area contributed by atoms with Gasteiger partial charge in [0.1, 0.15) is 0 Å². The van der Waals surface area contributed by atoms with Gasteiger partial charge in [0.05, 0.1) is 0 Å². The minimum absolute atomic E-state index is 0.335. The lowest BCUT2D eigenvalue weighted by atomic mass is 10.2. The zero-order valence-corrected chi connectivity index (χ0v) is 8.43. The van der Waals surface area contributed by atoms with Gasteiger partial charge in [-0.15, -0.1) is 0 Å². The summed E-state index contributed by atoms with van der Waals surface area (Å²) in [6, 6.07) is 5.93. The summed E-state index contributed by atoms with van der Waals surface area (Å²) in [6.07, 6.45) is 1.77. The molecule has 62 valence electrons. The van der Waals surface area contributed by atoms with Crippen LogP contribution in [0.25, 0.3) is 0 Å². The fourth-order valence-corrected chi connectivity index (χ4v) is 1.64. The fourth-order valence-electron chi connectivity index (χ4n) is 1.08. The number of alkyl halides is 1. The smallest absolute Gasteiger partial charge is 0.195 e. The van der Waals surface area contributed by atoms with E-state index in [2.05, 4.69) is 26.2 Å². The molecule has 2 nitrogen and oxygen atoms in total. The number of halogens is 2. The fraction of sp³-hybridized carbons (Fsp3) is 0.125. The predicted molar refractivity (Wildman–Crippen MR) is 55.0 cm³/mol. The van der Waals surface area contributed by atoms with Crippen molar-refractivity contribution in [2.24, 2.45) is 4.99 Å². The maximum absolute atomic E-state index is 5.76. The Morgan fingerprint density at radius 3 is 3.17 bits per heavy atom. The number of aliphatic imine (C=N–C) groups is 1. The first-order valence-electron chi connectivity index (χ1n) is 3.49. The summed E-state index contributed by atoms with van der Waals surface area (Å²) >= 11 is 9.15. The number of benzene rings is 1. The van der Waals surface area contributed by atoms with Crippen LogP contribution >= 0.6 is 27.5 Å². The third kappa shape index (κ3) is 1.47. The monoisotopic (exact) mass is 244 g/mol. The standard InChI is InChI=1S/C8H6BrClN2/c9-6-1-2-7-5(3-6)4-11-8(10)12-7/h1-4,8,12H. The second-order valence-electron chi connectivity index (χ2n) is 2.49. The van der Waals surface area contributed by atoms with Crippen molar-refractivity contribution in [2.75, 3.05) is 5.32 Å². The van der Waals surface area contributed by atoms with E-state index in [1.165, 1.54) is 0 Å². The zero-order chi connectivity index (χ0) is 8.55. The average molecular weight is 246 g/mol. The van der Waals surface area contributed by atoms with Gasteiger partial charge < -0.3 is 5.32 Å². The third-order valence-electron chi connectivity index (χ3n) is 1.63. The van der Waals surface area contributed by atoms with E-state index in [1.54, 1.807) is 6.21 Å². The Morgan fingerprint density at radius 1 is 1.50 bits per heavy atom. The van der Waals surface area contributed by atoms with Gasteiger partial charge in [0.15, 0.2) is 5.62 Å². The summed E-state index contributed by atoms with van der Waals surface area (Å²) in [5, 5.41) is 3.03. The largest absolute Gasteiger partial charge is 0.351 e. The molecule has 1 heterocycles. The molecule has 4 heteroatoms. The predicted octanol–water partition coefficient (Wildman–Crippen LogP) is 2.82. The highest BCUT2D eigenvalue weighted by atomic mass is 79.9. The van der Waals surface area contributed by atoms with E-state index < -0.39 is 0 Å². The lowest BCUT2D eigenvalue weighted by molar-refractivity contribution is 1.04. The van der Waals surface area contributed by atoms with Gasteiger partial charge in [-0.05, 0) is 18.2 Å². The molecule has 1 N–H and O–H groups in total. The summed E-state index contributed by atoms with van der Waals surface area (Å²) in [5.41, 5.74) is 1.74. The van der Waals surface area contributed by atoms with Gasteiger partial charge in [-0.25, -0.2) is 0 Å². The molecule has 12 heavy (non-hydrogen) atoms. The molecule has 1 unspecified atom stereocenters. The van der Waals surface area contributed by atoms with E-state index in [9.17, 15) is 0 Å². The molecule has 0 saturated heterocycles. The van der Waals surface area contributed by atoms with Crippen LogP contribution in [-0.4, -0.2) is 11.8 Å². The van der Waals surface area contributed by atoms with Crippen LogP contribution in [0.4, 0.5) is 5.69 Å². The van der Waals surface area contributed by atoms with E-state index in [0.717, 1.165) is 15.7 Å². The van der Waals surface area contributed by atoms with Crippen LogP contribution in [-0.2, 0) is 0 Å². The van der Waals surface area contributed by atoms with Crippen molar-refractivity contribution < 1.29 is 0 Å². The van der Waals surface area contributed by atoms with Gasteiger partial charge in [-0.1, -0.05) is 27.5 Å². The van der Waals surface area contributed by atoms with Crippen molar-refractivity contribution in [2.45, 2.75) is 5.62 Å². The van der Waals surface area contributed by atoms with Crippen molar-refractivity contribution in [3.8, 4) is 0 Å². The maximum atomic E-state index is 5.76. The molecule has 1 aromatic rings. The van der Waals surface area contributed by atoms with Gasteiger partial charge in [0.2, 0.25) is 0 Å². The maximum Gasteiger partial charge on any atom is 0.195 e. The molecule has 1 aliphatic rings. The first-order valence-corrected chi connectivity index (χ1v) is 4.72. The number of rotatable bonds is 0. The molecule has 0 saturated carbocycles. The molecule has 1 atom stereocenters. The number of nitrogens with zero attached hydrogens (tertiary/aromatic N) is 1. The lowest BCUT2D eigenvalue weighted by Crippen LogP contribution is -2.15. The normalized spacial score (nSPS) is 20.0. The Kier molecular flexibility index (Phi) is 2.07. The Balaban J connectivity index is 2.47. The van der Waals surface area contributed by atoms with Crippen molar-refractivity contribution in [1.29, 1.82) is 0 Å². The van der Waals surface area contributed by atoms with Crippen LogP contribution in [0.2, 0.25) is 0 Å². The molecule has 0 bridgehead atoms. The molecule has 0 amide bonds. The lowest BCUT2D eigenvalue weighted by Gasteiger charge is -2.16. The van der Waals surface area contributed by atoms with E-state index in [4.69, 9.17) is 11.6 Å². The summed E-state index contributed by atoms with van der Waals surface area (Å²) in [5.74, 6) is 0. The van der Waals surface area contributed by atoms with Crippen LogP contribution in [0.3, 0.4) is 0 Å². The van der Waals surface area contributed by atoms with E-state index in [-0.39, 0.29) is 5.62 Å². The van der Waals surface area contributed by atoms with Gasteiger partial charge in [-0.2, -0.15) is 0 Å². The second-order valence-corrected chi connectivity index (χ2v) is 3.82. The summed E-state index contributed by atoms with van der Waals surface area (Å²) in [6.45, 7) is 0. The molecular formula is C8H6BrClN2. The van der Waals surface area contributed by atoms with Gasteiger partial charge in [-0.3, -0.25) is 4.99 Å². The van der Waals surface area contributed by atoms with Crippen molar-refractivity contribution in [3.05, 3.63) is 28.2 Å². The third-order valence-corrected chi connectivity index (χ3v) is 2.35. The van der Waals surface area contributed by atoms with Gasteiger partial charge in [0.25, 0.3) is 0 Å². The highest BCUT2D eigenvalue weighted by Gasteiger charge is 2.09. The summed E-state index contributed by atoms with van der Waals surface area (Å²) < 4.78 is 1.04. The number of anilines is 1. The van der Waals surface area contributed by atoms with Crippen LogP contribution in [0, 0.1) is 0 Å². The zero-order valence-electron chi connectivity index (χ0n) is 6.09. The molecule has 1 aromatic carbocycles. The van der Waals surface area contributed by atoms with Crippen LogP contribution < -0.4 is 5.32 Å². The summed E-state index contributed by atoms with van der Waals surface area (Å²) in [7, 11) is 0. The number of fused-ring (bicyclic) bond motifs is 1. The molecule has 0 radical (unpaired) electrons. The Bertz CT molecular complexity index is 338. The first kappa shape index (κ1) is 8.08. The highest BCUT2D eigenvalue weighted by molar-refractivity contribution is 9.10. The second kappa shape index (κ2) is 3.07. The Hall–Kier alpha value is -0.540. The van der Waals surface area contributed by atoms with Gasteiger partial charge in [0, 0.05) is 21.9 Å². The molecule has 0 aromatic heterocycles. The quantitative estimate of drug-likeness (QED) is 0.552. The van der Waals surface area contributed by atoms with Crippen LogP contribution in [0.1, 0.15) is 5.56 Å². The molecule has 0 aliphatic carbocycles. The first-order chi connectivity index (χ1) is 5.75. The molecule has 1 aliphatic heterocycles. The molecular weight excluding hydrogens is 239 g/mol. The van der Waals surface area contributed by atoms with Crippen molar-refractivity contribution in [3.63, 3.8) is 0 Å². The van der Waals surface area contributed by atoms with E-state index in [0.29, 0.717) is 0 Å². The van der Waals surface area contributed by atoms with Crippen molar-refractivity contribution in [1.82, 2.24) is 0 Å². The minimum Gasteiger partial charge on any atom is -0.351 e. The minimum atomic E-state index is -0.335. The Morgan fingerprint density at radius 2 is 2.33 bits per heavy atom. The summed E-state index contributed by atoms with van der Waals surface area (Å²) in [4.78, 5) is 4.02. The number of hydrogen-bond donors (Lipinski definition) is 1.